The molecule has 0 fully saturated rings. The molecule has 1 atom stereocenters. The fourth-order valence-corrected chi connectivity index (χ4v) is 3.56. The molecule has 0 aromatic heterocycles. The lowest BCUT2D eigenvalue weighted by Crippen LogP contribution is -2.25. The Labute approximate surface area is 120 Å². The third-order valence-electron chi connectivity index (χ3n) is 3.62. The van der Waals surface area contributed by atoms with Crippen LogP contribution in [-0.4, -0.2) is 14.2 Å². The average Bonchev–Trinajstić information content (AvgIpc) is 2.49. The van der Waals surface area contributed by atoms with Gasteiger partial charge in [-0.3, -0.25) is 0 Å². The minimum absolute atomic E-state index is 0.0874. The fraction of sp³-hybridized carbons (Fsp3) is 0.312. The van der Waals surface area contributed by atoms with Crippen LogP contribution in [0.4, 0.5) is 0 Å². The van der Waals surface area contributed by atoms with Crippen LogP contribution >= 0.6 is 0 Å². The van der Waals surface area contributed by atoms with E-state index in [1.54, 1.807) is 13.0 Å². The molecule has 0 spiro atoms. The Morgan fingerprint density at radius 3 is 2.60 bits per heavy atom. The molecule has 0 saturated heterocycles. The number of rotatable bonds is 4. The monoisotopic (exact) mass is 287 g/mol. The van der Waals surface area contributed by atoms with Crippen molar-refractivity contribution in [1.29, 1.82) is 5.26 Å². The van der Waals surface area contributed by atoms with Crippen molar-refractivity contribution in [2.24, 2.45) is 0 Å². The smallest absolute Gasteiger partial charge is 0.174 e. The zero-order valence-corrected chi connectivity index (χ0v) is 12.2. The van der Waals surface area contributed by atoms with E-state index in [2.05, 4.69) is 6.07 Å². The summed E-state index contributed by atoms with van der Waals surface area (Å²) in [5.74, 6) is 0.0874. The van der Waals surface area contributed by atoms with E-state index in [1.807, 2.05) is 42.5 Å². The van der Waals surface area contributed by atoms with Crippen molar-refractivity contribution in [3.05, 3.63) is 59.0 Å². The summed E-state index contributed by atoms with van der Waals surface area (Å²) in [6.45, 7) is 1.64. The summed E-state index contributed by atoms with van der Waals surface area (Å²) in [7, 11) is -3.22. The maximum atomic E-state index is 12.1. The number of hydrogen-bond donors (Lipinski definition) is 0. The Morgan fingerprint density at radius 2 is 2.00 bits per heavy atom. The summed E-state index contributed by atoms with van der Waals surface area (Å²) in [5, 5.41) is 9.13. The third-order valence-corrected chi connectivity index (χ3v) is 5.46. The van der Waals surface area contributed by atoms with Gasteiger partial charge < -0.3 is 0 Å². The van der Waals surface area contributed by atoms with E-state index in [9.17, 15) is 8.42 Å². The van der Waals surface area contributed by atoms with Gasteiger partial charge in [-0.15, -0.1) is 0 Å². The summed E-state index contributed by atoms with van der Waals surface area (Å²) in [6.07, 6.45) is 6.20. The van der Waals surface area contributed by atoms with Crippen LogP contribution < -0.4 is 0 Å². The molecule has 1 aromatic rings. The van der Waals surface area contributed by atoms with E-state index in [0.717, 1.165) is 5.56 Å². The number of nitriles is 1. The van der Waals surface area contributed by atoms with Crippen LogP contribution in [0.2, 0.25) is 0 Å². The highest BCUT2D eigenvalue weighted by atomic mass is 32.2. The summed E-state index contributed by atoms with van der Waals surface area (Å²) in [6, 6.07) is 11.7. The molecular formula is C16H17NO2S. The number of benzene rings is 1. The minimum atomic E-state index is -3.22. The second-order valence-corrected chi connectivity index (χ2v) is 7.19. The van der Waals surface area contributed by atoms with Gasteiger partial charge >= 0.3 is 0 Å². The molecule has 1 unspecified atom stereocenters. The molecule has 2 rings (SSSR count). The van der Waals surface area contributed by atoms with Crippen LogP contribution in [0.5, 0.6) is 0 Å². The van der Waals surface area contributed by atoms with E-state index < -0.39 is 15.3 Å². The zero-order chi connectivity index (χ0) is 14.6. The van der Waals surface area contributed by atoms with Crippen LogP contribution in [0.25, 0.3) is 0 Å². The lowest BCUT2D eigenvalue weighted by atomic mass is 9.75. The van der Waals surface area contributed by atoms with Crippen molar-refractivity contribution in [2.75, 3.05) is 5.75 Å². The standard InChI is InChI=1S/C16H17NO2S/c1-2-20(18,19)15-9-6-10-16(13-15,11-12-17)14-7-4-3-5-8-14/h3-8,10,13H,2,9,11H2,1H3. The van der Waals surface area contributed by atoms with E-state index in [-0.39, 0.29) is 12.2 Å². The first-order valence-electron chi connectivity index (χ1n) is 6.59. The molecule has 20 heavy (non-hydrogen) atoms. The lowest BCUT2D eigenvalue weighted by molar-refractivity contribution is 0.598. The van der Waals surface area contributed by atoms with Gasteiger partial charge in [0.05, 0.1) is 18.2 Å². The Hall–Kier alpha value is -1.86. The van der Waals surface area contributed by atoms with E-state index >= 15 is 0 Å². The first kappa shape index (κ1) is 14.5. The average molecular weight is 287 g/mol. The highest BCUT2D eigenvalue weighted by Crippen LogP contribution is 2.37. The zero-order valence-electron chi connectivity index (χ0n) is 11.4. The molecular weight excluding hydrogens is 270 g/mol. The largest absolute Gasteiger partial charge is 0.224 e. The molecule has 0 amide bonds. The molecule has 0 heterocycles. The van der Waals surface area contributed by atoms with Crippen LogP contribution in [0.3, 0.4) is 0 Å². The second-order valence-electron chi connectivity index (χ2n) is 4.86. The molecule has 0 N–H and O–H groups in total. The first-order valence-corrected chi connectivity index (χ1v) is 8.24. The summed E-state index contributed by atoms with van der Waals surface area (Å²) in [5.41, 5.74) is 0.313. The molecule has 0 aliphatic heterocycles. The second kappa shape index (κ2) is 5.64. The molecule has 0 bridgehead atoms. The quantitative estimate of drug-likeness (QED) is 0.799. The van der Waals surface area contributed by atoms with Gasteiger partial charge in [-0.25, -0.2) is 8.42 Å². The van der Waals surface area contributed by atoms with E-state index in [0.29, 0.717) is 11.3 Å². The molecule has 1 aliphatic carbocycles. The van der Waals surface area contributed by atoms with Crippen molar-refractivity contribution >= 4 is 9.84 Å². The third kappa shape index (κ3) is 2.68. The summed E-state index contributed by atoms with van der Waals surface area (Å²) in [4.78, 5) is 0.418. The SMILES string of the molecule is CCS(=O)(=O)C1=CC(CC#N)(c2ccccc2)C=CC1. The highest BCUT2D eigenvalue weighted by Gasteiger charge is 2.32. The normalized spacial score (nSPS) is 22.1. The Bertz CT molecular complexity index is 681. The molecule has 1 aromatic carbocycles. The van der Waals surface area contributed by atoms with Gasteiger partial charge in [0.25, 0.3) is 0 Å². The number of hydrogen-bond acceptors (Lipinski definition) is 3. The van der Waals surface area contributed by atoms with Crippen LogP contribution in [-0.2, 0) is 15.3 Å². The summed E-state index contributed by atoms with van der Waals surface area (Å²) >= 11 is 0. The topological polar surface area (TPSA) is 57.9 Å². The van der Waals surface area contributed by atoms with Crippen molar-refractivity contribution in [3.63, 3.8) is 0 Å². The lowest BCUT2D eigenvalue weighted by Gasteiger charge is -2.29. The molecule has 1 aliphatic rings. The molecule has 3 nitrogen and oxygen atoms in total. The van der Waals surface area contributed by atoms with Gasteiger partial charge in [0.15, 0.2) is 9.84 Å². The first-order chi connectivity index (χ1) is 9.54. The number of nitrogens with zero attached hydrogens (tertiary/aromatic N) is 1. The predicted octanol–water partition coefficient (Wildman–Crippen LogP) is 3.12. The predicted molar refractivity (Wildman–Crippen MR) is 79.7 cm³/mol. The van der Waals surface area contributed by atoms with E-state index in [4.69, 9.17) is 5.26 Å². The van der Waals surface area contributed by atoms with Gasteiger partial charge in [-0.1, -0.05) is 55.5 Å². The van der Waals surface area contributed by atoms with Crippen LogP contribution in [0, 0.1) is 11.3 Å². The van der Waals surface area contributed by atoms with Gasteiger partial charge in [0, 0.05) is 16.7 Å². The molecule has 104 valence electrons. The van der Waals surface area contributed by atoms with Gasteiger partial charge in [0.2, 0.25) is 0 Å². The van der Waals surface area contributed by atoms with Gasteiger partial charge in [-0.05, 0) is 5.56 Å². The highest BCUT2D eigenvalue weighted by molar-refractivity contribution is 7.95. The van der Waals surface area contributed by atoms with Crippen LogP contribution in [0.15, 0.2) is 53.5 Å². The Morgan fingerprint density at radius 1 is 1.30 bits per heavy atom. The van der Waals surface area contributed by atoms with Crippen molar-refractivity contribution in [3.8, 4) is 6.07 Å². The minimum Gasteiger partial charge on any atom is -0.224 e. The van der Waals surface area contributed by atoms with Gasteiger partial charge in [-0.2, -0.15) is 5.26 Å². The van der Waals surface area contributed by atoms with Crippen LogP contribution in [0.1, 0.15) is 25.3 Å². The number of allylic oxidation sites excluding steroid dienone is 4. The maximum Gasteiger partial charge on any atom is 0.174 e. The molecule has 4 heteroatoms. The van der Waals surface area contributed by atoms with Crippen molar-refractivity contribution < 1.29 is 8.42 Å². The van der Waals surface area contributed by atoms with Gasteiger partial charge in [0.1, 0.15) is 0 Å². The molecule has 0 saturated carbocycles. The Balaban J connectivity index is 2.57. The molecule has 0 radical (unpaired) electrons. The van der Waals surface area contributed by atoms with Crippen molar-refractivity contribution in [1.82, 2.24) is 0 Å². The van der Waals surface area contributed by atoms with E-state index in [1.165, 1.54) is 0 Å². The number of sulfone groups is 1. The Kier molecular flexibility index (Phi) is 4.10. The summed E-state index contributed by atoms with van der Waals surface area (Å²) < 4.78 is 24.2. The van der Waals surface area contributed by atoms with Crippen molar-refractivity contribution in [2.45, 2.75) is 25.2 Å². The maximum absolute atomic E-state index is 12.1. The fourth-order valence-electron chi connectivity index (χ4n) is 2.45.